The molecule has 0 aromatic heterocycles. The second-order valence-corrected chi connectivity index (χ2v) is 7.18. The lowest BCUT2D eigenvalue weighted by Gasteiger charge is -2.17. The van der Waals surface area contributed by atoms with Crippen LogP contribution in [0.1, 0.15) is 24.5 Å². The number of sulfonamides is 1. The van der Waals surface area contributed by atoms with Gasteiger partial charge in [-0.05, 0) is 37.3 Å². The molecule has 1 aromatic carbocycles. The van der Waals surface area contributed by atoms with Crippen molar-refractivity contribution in [2.24, 2.45) is 5.73 Å². The molecule has 0 aliphatic carbocycles. The average molecular weight is 320 g/mol. The molecule has 0 heterocycles. The second kappa shape index (κ2) is 7.40. The van der Waals surface area contributed by atoms with E-state index >= 15 is 0 Å². The fraction of sp³-hybridized carbons (Fsp3) is 0.538. The van der Waals surface area contributed by atoms with Crippen LogP contribution in [0.3, 0.4) is 0 Å². The Morgan fingerprint density at radius 2 is 2.10 bits per heavy atom. The number of hydrogen-bond donors (Lipinski definition) is 2. The maximum Gasteiger partial charge on any atom is 0.241 e. The van der Waals surface area contributed by atoms with E-state index in [1.807, 2.05) is 13.2 Å². The quantitative estimate of drug-likeness (QED) is 0.806. The molecule has 0 aliphatic rings. The Balaban J connectivity index is 3.18. The molecular formula is C13H21FN2O2S2. The summed E-state index contributed by atoms with van der Waals surface area (Å²) in [4.78, 5) is -0.0301. The van der Waals surface area contributed by atoms with Crippen molar-refractivity contribution in [1.82, 2.24) is 4.72 Å². The molecule has 20 heavy (non-hydrogen) atoms. The van der Waals surface area contributed by atoms with Crippen LogP contribution in [0.15, 0.2) is 17.0 Å². The molecule has 0 radical (unpaired) electrons. The smallest absolute Gasteiger partial charge is 0.241 e. The van der Waals surface area contributed by atoms with Crippen LogP contribution in [-0.4, -0.2) is 26.5 Å². The lowest BCUT2D eigenvalue weighted by molar-refractivity contribution is 0.553. The van der Waals surface area contributed by atoms with Gasteiger partial charge in [0.2, 0.25) is 10.0 Å². The molecular weight excluding hydrogens is 299 g/mol. The third kappa shape index (κ3) is 4.18. The topological polar surface area (TPSA) is 72.2 Å². The van der Waals surface area contributed by atoms with Crippen LogP contribution in [-0.2, 0) is 16.6 Å². The molecule has 1 unspecified atom stereocenters. The molecule has 0 saturated heterocycles. The minimum Gasteiger partial charge on any atom is -0.326 e. The SMILES string of the molecule is CCC(CSC)NS(=O)(=O)c1cc(CN)cc(F)c1C. The first-order chi connectivity index (χ1) is 9.35. The molecule has 1 atom stereocenters. The van der Waals surface area contributed by atoms with Crippen molar-refractivity contribution >= 4 is 21.8 Å². The molecule has 3 N–H and O–H groups in total. The van der Waals surface area contributed by atoms with Gasteiger partial charge in [0.05, 0.1) is 4.90 Å². The van der Waals surface area contributed by atoms with E-state index < -0.39 is 15.8 Å². The summed E-state index contributed by atoms with van der Waals surface area (Å²) in [6.45, 7) is 3.47. The minimum absolute atomic E-state index is 0.0301. The van der Waals surface area contributed by atoms with E-state index in [1.54, 1.807) is 11.8 Å². The highest BCUT2D eigenvalue weighted by molar-refractivity contribution is 7.98. The van der Waals surface area contributed by atoms with Crippen molar-refractivity contribution in [2.75, 3.05) is 12.0 Å². The number of thioether (sulfide) groups is 1. The van der Waals surface area contributed by atoms with Crippen LogP contribution in [0.2, 0.25) is 0 Å². The molecule has 1 rings (SSSR count). The number of nitrogens with two attached hydrogens (primary N) is 1. The highest BCUT2D eigenvalue weighted by Crippen LogP contribution is 2.21. The molecule has 0 fully saturated rings. The lowest BCUT2D eigenvalue weighted by atomic mass is 10.1. The zero-order valence-electron chi connectivity index (χ0n) is 11.9. The van der Waals surface area contributed by atoms with E-state index in [0.29, 0.717) is 17.7 Å². The van der Waals surface area contributed by atoms with Gasteiger partial charge in [-0.3, -0.25) is 0 Å². The van der Waals surface area contributed by atoms with Crippen molar-refractivity contribution in [2.45, 2.75) is 37.8 Å². The van der Waals surface area contributed by atoms with Crippen molar-refractivity contribution in [3.63, 3.8) is 0 Å². The van der Waals surface area contributed by atoms with Gasteiger partial charge in [0, 0.05) is 23.9 Å². The number of hydrogen-bond acceptors (Lipinski definition) is 4. The normalized spacial score (nSPS) is 13.4. The summed E-state index contributed by atoms with van der Waals surface area (Å²) < 4.78 is 41.2. The monoisotopic (exact) mass is 320 g/mol. The van der Waals surface area contributed by atoms with Gasteiger partial charge < -0.3 is 5.73 Å². The van der Waals surface area contributed by atoms with E-state index in [4.69, 9.17) is 5.73 Å². The van der Waals surface area contributed by atoms with Gasteiger partial charge in [-0.1, -0.05) is 6.92 Å². The zero-order chi connectivity index (χ0) is 15.3. The fourth-order valence-electron chi connectivity index (χ4n) is 1.82. The van der Waals surface area contributed by atoms with Gasteiger partial charge in [0.1, 0.15) is 5.82 Å². The van der Waals surface area contributed by atoms with E-state index in [0.717, 1.165) is 0 Å². The Bertz CT molecular complexity index is 562. The summed E-state index contributed by atoms with van der Waals surface area (Å²) in [7, 11) is -3.74. The molecule has 0 spiro atoms. The van der Waals surface area contributed by atoms with Crippen LogP contribution in [0.4, 0.5) is 4.39 Å². The molecule has 7 heteroatoms. The van der Waals surface area contributed by atoms with E-state index in [2.05, 4.69) is 4.72 Å². The molecule has 0 bridgehead atoms. The first kappa shape index (κ1) is 17.4. The molecule has 0 aliphatic heterocycles. The first-order valence-electron chi connectivity index (χ1n) is 6.36. The highest BCUT2D eigenvalue weighted by atomic mass is 32.2. The molecule has 114 valence electrons. The van der Waals surface area contributed by atoms with Crippen molar-refractivity contribution in [1.29, 1.82) is 0 Å². The Morgan fingerprint density at radius 1 is 1.45 bits per heavy atom. The standard InChI is InChI=1S/C13H21FN2O2S2/c1-4-11(8-19-3)16-20(17,18)13-6-10(7-15)5-12(14)9(13)2/h5-6,11,16H,4,7-8,15H2,1-3H3. The first-order valence-corrected chi connectivity index (χ1v) is 9.23. The number of rotatable bonds is 7. The van der Waals surface area contributed by atoms with Gasteiger partial charge in [-0.2, -0.15) is 11.8 Å². The van der Waals surface area contributed by atoms with Gasteiger partial charge in [-0.25, -0.2) is 17.5 Å². The van der Waals surface area contributed by atoms with Gasteiger partial charge in [-0.15, -0.1) is 0 Å². The predicted molar refractivity (Wildman–Crippen MR) is 81.8 cm³/mol. The number of benzene rings is 1. The average Bonchev–Trinajstić information content (AvgIpc) is 2.40. The summed E-state index contributed by atoms with van der Waals surface area (Å²) in [6, 6.07) is 2.54. The lowest BCUT2D eigenvalue weighted by Crippen LogP contribution is -2.36. The van der Waals surface area contributed by atoms with E-state index in [-0.39, 0.29) is 23.0 Å². The van der Waals surface area contributed by atoms with E-state index in [1.165, 1.54) is 19.1 Å². The van der Waals surface area contributed by atoms with Crippen LogP contribution >= 0.6 is 11.8 Å². The third-order valence-corrected chi connectivity index (χ3v) is 5.45. The largest absolute Gasteiger partial charge is 0.326 e. The van der Waals surface area contributed by atoms with Crippen LogP contribution in [0.5, 0.6) is 0 Å². The van der Waals surface area contributed by atoms with Crippen LogP contribution < -0.4 is 10.5 Å². The fourth-order valence-corrected chi connectivity index (χ4v) is 4.27. The van der Waals surface area contributed by atoms with Crippen LogP contribution in [0.25, 0.3) is 0 Å². The van der Waals surface area contributed by atoms with Gasteiger partial charge in [0.15, 0.2) is 0 Å². The predicted octanol–water partition coefficient (Wildman–Crippen LogP) is 2.01. The Morgan fingerprint density at radius 3 is 2.60 bits per heavy atom. The summed E-state index contributed by atoms with van der Waals surface area (Å²) in [5.74, 6) is 0.125. The van der Waals surface area contributed by atoms with Gasteiger partial charge in [0.25, 0.3) is 0 Å². The maximum absolute atomic E-state index is 13.8. The van der Waals surface area contributed by atoms with Crippen molar-refractivity contribution in [3.05, 3.63) is 29.1 Å². The third-order valence-electron chi connectivity index (χ3n) is 3.06. The summed E-state index contributed by atoms with van der Waals surface area (Å²) >= 11 is 1.56. The summed E-state index contributed by atoms with van der Waals surface area (Å²) in [6.07, 6.45) is 2.59. The Kier molecular flexibility index (Phi) is 6.44. The van der Waals surface area contributed by atoms with Crippen LogP contribution in [0, 0.1) is 12.7 Å². The highest BCUT2D eigenvalue weighted by Gasteiger charge is 2.23. The number of halogens is 1. The second-order valence-electron chi connectivity index (χ2n) is 4.59. The summed E-state index contributed by atoms with van der Waals surface area (Å²) in [5, 5.41) is 0. The maximum atomic E-state index is 13.8. The Hall–Kier alpha value is -0.630. The van der Waals surface area contributed by atoms with Crippen molar-refractivity contribution in [3.8, 4) is 0 Å². The molecule has 0 amide bonds. The van der Waals surface area contributed by atoms with Crippen molar-refractivity contribution < 1.29 is 12.8 Å². The molecule has 0 saturated carbocycles. The molecule has 1 aromatic rings. The van der Waals surface area contributed by atoms with E-state index in [9.17, 15) is 12.8 Å². The zero-order valence-corrected chi connectivity index (χ0v) is 13.6. The number of nitrogens with one attached hydrogen (secondary N) is 1. The minimum atomic E-state index is -3.74. The summed E-state index contributed by atoms with van der Waals surface area (Å²) in [5.41, 5.74) is 6.05. The molecule has 4 nitrogen and oxygen atoms in total. The van der Waals surface area contributed by atoms with Gasteiger partial charge >= 0.3 is 0 Å². The Labute approximate surface area is 124 Å².